The fraction of sp³-hybridized carbons (Fsp3) is 0.0909. The molecule has 0 aliphatic rings. The number of carbonyl (C=O) groups is 1. The molecule has 4 nitrogen and oxygen atoms in total. The molecule has 0 heterocycles. The van der Waals surface area contributed by atoms with Crippen molar-refractivity contribution in [2.24, 2.45) is 0 Å². The van der Waals surface area contributed by atoms with Crippen molar-refractivity contribution in [1.82, 2.24) is 5.32 Å². The SMILES string of the molecule is C=CCNC(=S)Nc1ccc(Cl)c(C(=O)O)c1. The third-order valence-electron chi connectivity index (χ3n) is 1.86. The molecule has 0 aromatic heterocycles. The molecule has 0 atom stereocenters. The Labute approximate surface area is 109 Å². The average Bonchev–Trinajstić information content (AvgIpc) is 2.28. The van der Waals surface area contributed by atoms with Gasteiger partial charge in [-0.2, -0.15) is 0 Å². The van der Waals surface area contributed by atoms with Crippen molar-refractivity contribution in [2.75, 3.05) is 11.9 Å². The van der Waals surface area contributed by atoms with Crippen LogP contribution in [0.4, 0.5) is 5.69 Å². The summed E-state index contributed by atoms with van der Waals surface area (Å²) in [6.45, 7) is 4.08. The minimum atomic E-state index is -1.08. The van der Waals surface area contributed by atoms with E-state index in [9.17, 15) is 4.79 Å². The summed E-state index contributed by atoms with van der Waals surface area (Å²) < 4.78 is 0. The van der Waals surface area contributed by atoms with Gasteiger partial charge in [-0.05, 0) is 30.4 Å². The third-order valence-corrected chi connectivity index (χ3v) is 2.44. The molecular formula is C11H11ClN2O2S. The van der Waals surface area contributed by atoms with E-state index >= 15 is 0 Å². The van der Waals surface area contributed by atoms with E-state index in [0.717, 1.165) is 0 Å². The second-order valence-corrected chi connectivity index (χ2v) is 3.94. The molecule has 90 valence electrons. The maximum Gasteiger partial charge on any atom is 0.337 e. The van der Waals surface area contributed by atoms with Gasteiger partial charge in [-0.15, -0.1) is 6.58 Å². The lowest BCUT2D eigenvalue weighted by molar-refractivity contribution is 0.0697. The lowest BCUT2D eigenvalue weighted by Gasteiger charge is -2.10. The molecule has 6 heteroatoms. The van der Waals surface area contributed by atoms with Gasteiger partial charge < -0.3 is 15.7 Å². The summed E-state index contributed by atoms with van der Waals surface area (Å²) in [7, 11) is 0. The number of thiocarbonyl (C=S) groups is 1. The number of aromatic carboxylic acids is 1. The summed E-state index contributed by atoms with van der Waals surface area (Å²) in [5, 5.41) is 15.2. The van der Waals surface area contributed by atoms with Gasteiger partial charge in [-0.25, -0.2) is 4.79 Å². The Hall–Kier alpha value is -1.59. The molecule has 3 N–H and O–H groups in total. The highest BCUT2D eigenvalue weighted by Crippen LogP contribution is 2.20. The van der Waals surface area contributed by atoms with E-state index in [-0.39, 0.29) is 10.6 Å². The molecule has 0 radical (unpaired) electrons. The van der Waals surface area contributed by atoms with Gasteiger partial charge in [0, 0.05) is 12.2 Å². The number of benzene rings is 1. The first-order valence-corrected chi connectivity index (χ1v) is 5.52. The molecule has 0 aliphatic heterocycles. The lowest BCUT2D eigenvalue weighted by Crippen LogP contribution is -2.28. The highest BCUT2D eigenvalue weighted by atomic mass is 35.5. The predicted molar refractivity (Wildman–Crippen MR) is 72.8 cm³/mol. The van der Waals surface area contributed by atoms with Crippen LogP contribution in [0.3, 0.4) is 0 Å². The zero-order valence-corrected chi connectivity index (χ0v) is 10.4. The predicted octanol–water partition coefficient (Wildman–Crippen LogP) is 2.51. The fourth-order valence-electron chi connectivity index (χ4n) is 1.11. The van der Waals surface area contributed by atoms with Crippen LogP contribution < -0.4 is 10.6 Å². The van der Waals surface area contributed by atoms with Crippen LogP contribution >= 0.6 is 23.8 Å². The van der Waals surface area contributed by atoms with E-state index in [4.69, 9.17) is 28.9 Å². The van der Waals surface area contributed by atoms with Crippen LogP contribution in [0.25, 0.3) is 0 Å². The normalized spacial score (nSPS) is 9.47. The van der Waals surface area contributed by atoms with Crippen LogP contribution in [0, 0.1) is 0 Å². The number of carboxylic acids is 1. The van der Waals surface area contributed by atoms with Crippen molar-refractivity contribution in [3.8, 4) is 0 Å². The van der Waals surface area contributed by atoms with Gasteiger partial charge in [0.1, 0.15) is 0 Å². The van der Waals surface area contributed by atoms with Crippen molar-refractivity contribution in [3.63, 3.8) is 0 Å². The second kappa shape index (κ2) is 6.22. The number of rotatable bonds is 4. The van der Waals surface area contributed by atoms with Gasteiger partial charge in [0.05, 0.1) is 10.6 Å². The van der Waals surface area contributed by atoms with E-state index in [1.165, 1.54) is 12.1 Å². The first-order valence-electron chi connectivity index (χ1n) is 4.73. The molecule has 0 saturated carbocycles. The summed E-state index contributed by atoms with van der Waals surface area (Å²) in [5.74, 6) is -1.08. The van der Waals surface area contributed by atoms with Crippen molar-refractivity contribution in [1.29, 1.82) is 0 Å². The molecule has 0 unspecified atom stereocenters. The Morgan fingerprint density at radius 2 is 2.29 bits per heavy atom. The highest BCUT2D eigenvalue weighted by Gasteiger charge is 2.09. The smallest absolute Gasteiger partial charge is 0.337 e. The summed E-state index contributed by atoms with van der Waals surface area (Å²) in [6.07, 6.45) is 1.67. The summed E-state index contributed by atoms with van der Waals surface area (Å²) in [6, 6.07) is 4.58. The Morgan fingerprint density at radius 3 is 2.88 bits per heavy atom. The van der Waals surface area contributed by atoms with E-state index in [0.29, 0.717) is 17.3 Å². The number of carboxylic acid groups (broad SMARTS) is 1. The van der Waals surface area contributed by atoms with E-state index in [1.807, 2.05) is 0 Å². The maximum atomic E-state index is 10.9. The Kier molecular flexibility index (Phi) is 4.93. The molecule has 1 aromatic rings. The molecule has 17 heavy (non-hydrogen) atoms. The summed E-state index contributed by atoms with van der Waals surface area (Å²) in [4.78, 5) is 10.9. The minimum absolute atomic E-state index is 0.0307. The number of nitrogens with one attached hydrogen (secondary N) is 2. The molecule has 0 spiro atoms. The van der Waals surface area contributed by atoms with Crippen LogP contribution in [0.2, 0.25) is 5.02 Å². The van der Waals surface area contributed by atoms with Crippen molar-refractivity contribution < 1.29 is 9.90 Å². The maximum absolute atomic E-state index is 10.9. The van der Waals surface area contributed by atoms with Crippen molar-refractivity contribution in [3.05, 3.63) is 41.4 Å². The Morgan fingerprint density at radius 1 is 1.59 bits per heavy atom. The van der Waals surface area contributed by atoms with Crippen LogP contribution in [0.15, 0.2) is 30.9 Å². The summed E-state index contributed by atoms with van der Waals surface area (Å²) in [5.41, 5.74) is 0.594. The van der Waals surface area contributed by atoms with Crippen LogP contribution in [-0.4, -0.2) is 22.7 Å². The average molecular weight is 271 g/mol. The summed E-state index contributed by atoms with van der Waals surface area (Å²) >= 11 is 10.7. The van der Waals surface area contributed by atoms with Gasteiger partial charge in [0.25, 0.3) is 0 Å². The molecular weight excluding hydrogens is 260 g/mol. The molecule has 1 aromatic carbocycles. The van der Waals surface area contributed by atoms with Crippen LogP contribution in [0.1, 0.15) is 10.4 Å². The number of hydrogen-bond donors (Lipinski definition) is 3. The van der Waals surface area contributed by atoms with Crippen molar-refractivity contribution >= 4 is 40.6 Å². The van der Waals surface area contributed by atoms with E-state index in [1.54, 1.807) is 12.1 Å². The first-order chi connectivity index (χ1) is 8.04. The highest BCUT2D eigenvalue weighted by molar-refractivity contribution is 7.80. The second-order valence-electron chi connectivity index (χ2n) is 3.12. The molecule has 0 saturated heterocycles. The van der Waals surface area contributed by atoms with Gasteiger partial charge in [-0.1, -0.05) is 17.7 Å². The van der Waals surface area contributed by atoms with Crippen LogP contribution in [0.5, 0.6) is 0 Å². The topological polar surface area (TPSA) is 61.4 Å². The minimum Gasteiger partial charge on any atom is -0.478 e. The van der Waals surface area contributed by atoms with E-state index in [2.05, 4.69) is 17.2 Å². The monoisotopic (exact) mass is 270 g/mol. The molecule has 0 fully saturated rings. The zero-order chi connectivity index (χ0) is 12.8. The van der Waals surface area contributed by atoms with Gasteiger partial charge in [0.2, 0.25) is 0 Å². The Balaban J connectivity index is 2.79. The number of anilines is 1. The number of hydrogen-bond acceptors (Lipinski definition) is 2. The fourth-order valence-corrected chi connectivity index (χ4v) is 1.51. The molecule has 1 rings (SSSR count). The molecule has 0 aliphatic carbocycles. The largest absolute Gasteiger partial charge is 0.478 e. The van der Waals surface area contributed by atoms with E-state index < -0.39 is 5.97 Å². The quantitative estimate of drug-likeness (QED) is 0.580. The zero-order valence-electron chi connectivity index (χ0n) is 8.87. The first kappa shape index (κ1) is 13.5. The van der Waals surface area contributed by atoms with Crippen molar-refractivity contribution in [2.45, 2.75) is 0 Å². The molecule has 0 bridgehead atoms. The number of halogens is 1. The van der Waals surface area contributed by atoms with Gasteiger partial charge in [0.15, 0.2) is 5.11 Å². The standard InChI is InChI=1S/C11H11ClN2O2S/c1-2-5-13-11(17)14-7-3-4-9(12)8(6-7)10(15)16/h2-4,6H,1,5H2,(H,15,16)(H2,13,14,17). The van der Waals surface area contributed by atoms with Gasteiger partial charge >= 0.3 is 5.97 Å². The third kappa shape index (κ3) is 4.05. The van der Waals surface area contributed by atoms with Gasteiger partial charge in [-0.3, -0.25) is 0 Å². The Bertz CT molecular complexity index is 463. The lowest BCUT2D eigenvalue weighted by atomic mass is 10.2. The molecule has 0 amide bonds. The van der Waals surface area contributed by atoms with Crippen LogP contribution in [-0.2, 0) is 0 Å².